The van der Waals surface area contributed by atoms with E-state index in [2.05, 4.69) is 22.4 Å². The van der Waals surface area contributed by atoms with Crippen LogP contribution in [0.25, 0.3) is 0 Å². The first-order chi connectivity index (χ1) is 11.3. The van der Waals surface area contributed by atoms with Gasteiger partial charge in [0.2, 0.25) is 0 Å². The molecule has 118 valence electrons. The highest BCUT2D eigenvalue weighted by molar-refractivity contribution is 6.45. The van der Waals surface area contributed by atoms with E-state index >= 15 is 0 Å². The molecule has 2 aliphatic rings. The molecule has 1 aromatic heterocycles. The molecule has 1 saturated carbocycles. The van der Waals surface area contributed by atoms with Gasteiger partial charge in [-0.25, -0.2) is 4.98 Å². The van der Waals surface area contributed by atoms with Crippen molar-refractivity contribution < 1.29 is 4.79 Å². The molecular formula is C18H20N4O. The zero-order valence-corrected chi connectivity index (χ0v) is 13.0. The lowest BCUT2D eigenvalue weighted by molar-refractivity contribution is -0.116. The molecule has 2 aromatic rings. The predicted octanol–water partition coefficient (Wildman–Crippen LogP) is 2.16. The quantitative estimate of drug-likeness (QED) is 0.944. The summed E-state index contributed by atoms with van der Waals surface area (Å²) in [5.74, 6) is 0.573. The van der Waals surface area contributed by atoms with Crippen molar-refractivity contribution in [2.45, 2.75) is 44.3 Å². The van der Waals surface area contributed by atoms with E-state index in [1.54, 1.807) is 6.20 Å². The fourth-order valence-corrected chi connectivity index (χ4v) is 3.49. The Morgan fingerprint density at radius 3 is 2.87 bits per heavy atom. The first kappa shape index (κ1) is 14.2. The third kappa shape index (κ3) is 2.79. The van der Waals surface area contributed by atoms with Crippen LogP contribution in [0.5, 0.6) is 0 Å². The SMILES string of the molecule is O=C1N[C@H]2CCCC[C@@H]2N=C1c1nccn1Cc1ccccc1. The minimum Gasteiger partial charge on any atom is -0.346 e. The van der Waals surface area contributed by atoms with Crippen molar-refractivity contribution in [1.82, 2.24) is 14.9 Å². The van der Waals surface area contributed by atoms with Gasteiger partial charge in [0.15, 0.2) is 11.5 Å². The number of carbonyl (C=O) groups is 1. The van der Waals surface area contributed by atoms with E-state index in [0.29, 0.717) is 18.1 Å². The van der Waals surface area contributed by atoms with Crippen molar-refractivity contribution in [1.29, 1.82) is 0 Å². The van der Waals surface area contributed by atoms with Crippen LogP contribution < -0.4 is 5.32 Å². The summed E-state index contributed by atoms with van der Waals surface area (Å²) in [5.41, 5.74) is 1.66. The van der Waals surface area contributed by atoms with Crippen molar-refractivity contribution in [3.63, 3.8) is 0 Å². The number of aromatic nitrogens is 2. The molecule has 1 fully saturated rings. The second-order valence-electron chi connectivity index (χ2n) is 6.27. The number of amides is 1. The lowest BCUT2D eigenvalue weighted by Crippen LogP contribution is -2.52. The van der Waals surface area contributed by atoms with Crippen LogP contribution in [-0.4, -0.2) is 33.3 Å². The third-order valence-electron chi connectivity index (χ3n) is 4.68. The number of benzene rings is 1. The van der Waals surface area contributed by atoms with Crippen LogP contribution in [0.15, 0.2) is 47.7 Å². The van der Waals surface area contributed by atoms with Crippen LogP contribution in [0, 0.1) is 0 Å². The number of rotatable bonds is 3. The molecule has 0 spiro atoms. The Morgan fingerprint density at radius 1 is 1.17 bits per heavy atom. The molecule has 2 atom stereocenters. The average Bonchev–Trinajstić information content (AvgIpc) is 3.03. The van der Waals surface area contributed by atoms with E-state index in [0.717, 1.165) is 12.8 Å². The summed E-state index contributed by atoms with van der Waals surface area (Å²) < 4.78 is 2.00. The topological polar surface area (TPSA) is 59.3 Å². The van der Waals surface area contributed by atoms with Crippen LogP contribution in [-0.2, 0) is 11.3 Å². The molecule has 1 aliphatic heterocycles. The van der Waals surface area contributed by atoms with E-state index in [9.17, 15) is 4.79 Å². The second-order valence-corrected chi connectivity index (χ2v) is 6.27. The van der Waals surface area contributed by atoms with E-state index in [1.807, 2.05) is 29.0 Å². The summed E-state index contributed by atoms with van der Waals surface area (Å²) >= 11 is 0. The van der Waals surface area contributed by atoms with Gasteiger partial charge in [0, 0.05) is 18.9 Å². The largest absolute Gasteiger partial charge is 0.346 e. The van der Waals surface area contributed by atoms with Crippen molar-refractivity contribution in [2.75, 3.05) is 0 Å². The molecule has 2 heterocycles. The molecule has 1 N–H and O–H groups in total. The van der Waals surface area contributed by atoms with Gasteiger partial charge in [-0.05, 0) is 18.4 Å². The highest BCUT2D eigenvalue weighted by Crippen LogP contribution is 2.24. The number of imidazole rings is 1. The minimum atomic E-state index is -0.0892. The van der Waals surface area contributed by atoms with Gasteiger partial charge < -0.3 is 9.88 Å². The molecular weight excluding hydrogens is 288 g/mol. The predicted molar refractivity (Wildman–Crippen MR) is 88.5 cm³/mol. The van der Waals surface area contributed by atoms with Crippen molar-refractivity contribution in [2.24, 2.45) is 4.99 Å². The average molecular weight is 308 g/mol. The minimum absolute atomic E-state index is 0.0892. The van der Waals surface area contributed by atoms with E-state index in [1.165, 1.54) is 18.4 Å². The molecule has 1 aromatic carbocycles. The molecule has 0 saturated heterocycles. The fraction of sp³-hybridized carbons (Fsp3) is 0.389. The van der Waals surface area contributed by atoms with Crippen LogP contribution in [0.3, 0.4) is 0 Å². The lowest BCUT2D eigenvalue weighted by atomic mass is 9.89. The number of fused-ring (bicyclic) bond motifs is 1. The van der Waals surface area contributed by atoms with Gasteiger partial charge in [0.25, 0.3) is 5.91 Å². The third-order valence-corrected chi connectivity index (χ3v) is 4.68. The Balaban J connectivity index is 1.64. The molecule has 0 bridgehead atoms. The Hall–Kier alpha value is -2.43. The normalized spacial score (nSPS) is 23.8. The van der Waals surface area contributed by atoms with E-state index in [-0.39, 0.29) is 18.0 Å². The van der Waals surface area contributed by atoms with Crippen LogP contribution >= 0.6 is 0 Å². The first-order valence-corrected chi connectivity index (χ1v) is 8.25. The summed E-state index contributed by atoms with van der Waals surface area (Å²) in [5, 5.41) is 3.12. The smallest absolute Gasteiger partial charge is 0.273 e. The molecule has 5 nitrogen and oxygen atoms in total. The maximum absolute atomic E-state index is 12.5. The Labute approximate surface area is 135 Å². The maximum Gasteiger partial charge on any atom is 0.273 e. The molecule has 23 heavy (non-hydrogen) atoms. The van der Waals surface area contributed by atoms with E-state index < -0.39 is 0 Å². The number of nitrogens with one attached hydrogen (secondary N) is 1. The van der Waals surface area contributed by atoms with Gasteiger partial charge in [-0.3, -0.25) is 9.79 Å². The Bertz CT molecular complexity index is 734. The summed E-state index contributed by atoms with van der Waals surface area (Å²) in [6.45, 7) is 0.691. The van der Waals surface area contributed by atoms with Gasteiger partial charge in [0.05, 0.1) is 12.1 Å². The van der Waals surface area contributed by atoms with Crippen molar-refractivity contribution in [3.8, 4) is 0 Å². The summed E-state index contributed by atoms with van der Waals surface area (Å²) in [4.78, 5) is 21.6. The van der Waals surface area contributed by atoms with Crippen LogP contribution in [0.4, 0.5) is 0 Å². The van der Waals surface area contributed by atoms with Crippen molar-refractivity contribution in [3.05, 3.63) is 54.1 Å². The number of carbonyl (C=O) groups excluding carboxylic acids is 1. The highest BCUT2D eigenvalue weighted by Gasteiger charge is 2.34. The van der Waals surface area contributed by atoms with Crippen molar-refractivity contribution >= 4 is 11.6 Å². The van der Waals surface area contributed by atoms with E-state index in [4.69, 9.17) is 4.99 Å². The number of aliphatic imine (C=N–C) groups is 1. The molecule has 1 aliphatic carbocycles. The lowest BCUT2D eigenvalue weighted by Gasteiger charge is -2.33. The summed E-state index contributed by atoms with van der Waals surface area (Å²) in [7, 11) is 0. The molecule has 5 heteroatoms. The maximum atomic E-state index is 12.5. The van der Waals surface area contributed by atoms with Gasteiger partial charge >= 0.3 is 0 Å². The molecule has 4 rings (SSSR count). The number of nitrogens with zero attached hydrogens (tertiary/aromatic N) is 3. The second kappa shape index (κ2) is 5.99. The number of hydrogen-bond acceptors (Lipinski definition) is 3. The molecule has 0 radical (unpaired) electrons. The summed E-state index contributed by atoms with van der Waals surface area (Å²) in [6.07, 6.45) is 8.09. The van der Waals surface area contributed by atoms with Crippen LogP contribution in [0.1, 0.15) is 37.1 Å². The fourth-order valence-electron chi connectivity index (χ4n) is 3.49. The van der Waals surface area contributed by atoms with Gasteiger partial charge in [-0.2, -0.15) is 0 Å². The first-order valence-electron chi connectivity index (χ1n) is 8.25. The Morgan fingerprint density at radius 2 is 2.00 bits per heavy atom. The monoisotopic (exact) mass is 308 g/mol. The number of hydrogen-bond donors (Lipinski definition) is 1. The Kier molecular flexibility index (Phi) is 3.69. The van der Waals surface area contributed by atoms with Crippen LogP contribution in [0.2, 0.25) is 0 Å². The molecule has 0 unspecified atom stereocenters. The van der Waals surface area contributed by atoms with Gasteiger partial charge in [0.1, 0.15) is 0 Å². The zero-order valence-electron chi connectivity index (χ0n) is 13.0. The summed E-state index contributed by atoms with van der Waals surface area (Å²) in [6, 6.07) is 10.6. The standard InChI is InChI=1S/C18H20N4O/c23-18-16(20-14-8-4-5-9-15(14)21-18)17-19-10-11-22(17)12-13-6-2-1-3-7-13/h1-3,6-7,10-11,14-15H,4-5,8-9,12H2,(H,21,23)/t14-,15-/m0/s1. The highest BCUT2D eigenvalue weighted by atomic mass is 16.2. The van der Waals surface area contributed by atoms with Gasteiger partial charge in [-0.15, -0.1) is 0 Å². The van der Waals surface area contributed by atoms with Gasteiger partial charge in [-0.1, -0.05) is 43.2 Å². The zero-order chi connectivity index (χ0) is 15.6. The molecule has 1 amide bonds.